The van der Waals surface area contributed by atoms with Crippen LogP contribution in [0.5, 0.6) is 0 Å². The number of aryl methyl sites for hydroxylation is 1. The lowest BCUT2D eigenvalue weighted by Crippen LogP contribution is -2.23. The van der Waals surface area contributed by atoms with E-state index in [9.17, 15) is 9.90 Å². The number of hydrogen-bond donors (Lipinski definition) is 1. The average molecular weight is 325 g/mol. The second-order valence-corrected chi connectivity index (χ2v) is 6.40. The third kappa shape index (κ3) is 4.72. The van der Waals surface area contributed by atoms with E-state index in [0.717, 1.165) is 10.6 Å². The van der Waals surface area contributed by atoms with Crippen molar-refractivity contribution in [2.45, 2.75) is 63.9 Å². The summed E-state index contributed by atoms with van der Waals surface area (Å²) in [5, 5.41) is 10.5. The first-order chi connectivity index (χ1) is 10.6. The summed E-state index contributed by atoms with van der Waals surface area (Å²) in [6.07, 6.45) is 6.27. The van der Waals surface area contributed by atoms with Crippen LogP contribution in [0.25, 0.3) is 0 Å². The summed E-state index contributed by atoms with van der Waals surface area (Å²) in [5.41, 5.74) is 2.30. The Hall–Kier alpha value is -1.06. The van der Waals surface area contributed by atoms with Crippen LogP contribution in [0.2, 0.25) is 5.02 Å². The summed E-state index contributed by atoms with van der Waals surface area (Å²) in [4.78, 5) is 11.4. The third-order valence-corrected chi connectivity index (χ3v) is 4.70. The van der Waals surface area contributed by atoms with Gasteiger partial charge in [0, 0.05) is 5.02 Å². The highest BCUT2D eigenvalue weighted by Crippen LogP contribution is 2.36. The minimum absolute atomic E-state index is 0.289. The van der Waals surface area contributed by atoms with Crippen LogP contribution in [0, 0.1) is 0 Å². The van der Waals surface area contributed by atoms with E-state index < -0.39 is 12.1 Å². The first-order valence-electron chi connectivity index (χ1n) is 8.24. The van der Waals surface area contributed by atoms with Crippen molar-refractivity contribution in [1.82, 2.24) is 0 Å². The Labute approximate surface area is 137 Å². The number of halogens is 1. The number of hydrogen-bond acceptors (Lipinski definition) is 3. The molecule has 1 aromatic rings. The number of carbonyl (C=O) groups is 1. The van der Waals surface area contributed by atoms with Gasteiger partial charge in [-0.1, -0.05) is 43.0 Å². The fourth-order valence-corrected chi connectivity index (χ4v) is 3.49. The lowest BCUT2D eigenvalue weighted by molar-refractivity contribution is -0.153. The second kappa shape index (κ2) is 8.54. The number of benzene rings is 1. The van der Waals surface area contributed by atoms with Crippen molar-refractivity contribution >= 4 is 17.6 Å². The summed E-state index contributed by atoms with van der Waals surface area (Å²) < 4.78 is 4.80. The molecule has 3 nitrogen and oxygen atoms in total. The number of aliphatic hydroxyl groups is 1. The number of ether oxygens (including phenoxy) is 1. The fraction of sp³-hybridized carbons (Fsp3) is 0.611. The van der Waals surface area contributed by atoms with Crippen molar-refractivity contribution in [1.29, 1.82) is 0 Å². The molecule has 1 aromatic carbocycles. The van der Waals surface area contributed by atoms with Gasteiger partial charge in [0.2, 0.25) is 0 Å². The smallest absolute Gasteiger partial charge is 0.334 e. The van der Waals surface area contributed by atoms with E-state index >= 15 is 0 Å². The quantitative estimate of drug-likeness (QED) is 0.796. The molecule has 0 aromatic heterocycles. The molecule has 0 aliphatic heterocycles. The molecule has 2 rings (SSSR count). The van der Waals surface area contributed by atoms with E-state index in [2.05, 4.69) is 12.1 Å². The Morgan fingerprint density at radius 2 is 2.09 bits per heavy atom. The van der Waals surface area contributed by atoms with Crippen LogP contribution in [0.4, 0.5) is 0 Å². The van der Waals surface area contributed by atoms with E-state index in [4.69, 9.17) is 16.3 Å². The molecular weight excluding hydrogens is 300 g/mol. The molecule has 4 heteroatoms. The summed E-state index contributed by atoms with van der Waals surface area (Å²) in [5.74, 6) is 0.0350. The van der Waals surface area contributed by atoms with Crippen LogP contribution in [0.1, 0.15) is 62.5 Å². The third-order valence-electron chi connectivity index (χ3n) is 4.37. The van der Waals surface area contributed by atoms with Crippen molar-refractivity contribution in [2.24, 2.45) is 0 Å². The van der Waals surface area contributed by atoms with E-state index in [-0.39, 0.29) is 6.61 Å². The predicted molar refractivity (Wildman–Crippen MR) is 88.2 cm³/mol. The van der Waals surface area contributed by atoms with Gasteiger partial charge in [-0.25, -0.2) is 4.79 Å². The molecule has 0 saturated heterocycles. The molecule has 22 heavy (non-hydrogen) atoms. The fourth-order valence-electron chi connectivity index (χ4n) is 3.13. The molecular formula is C18H25ClO3. The molecule has 1 atom stereocenters. The molecule has 122 valence electrons. The summed E-state index contributed by atoms with van der Waals surface area (Å²) in [6, 6.07) is 6.15. The Morgan fingerprint density at radius 3 is 2.73 bits per heavy atom. The monoisotopic (exact) mass is 324 g/mol. The Kier molecular flexibility index (Phi) is 6.71. The normalized spacial score (nSPS) is 17.2. The number of rotatable bonds is 6. The molecule has 0 bridgehead atoms. The molecule has 1 unspecified atom stereocenters. The number of aliphatic hydroxyl groups excluding tert-OH is 1. The minimum Gasteiger partial charge on any atom is -0.464 e. The van der Waals surface area contributed by atoms with Crippen LogP contribution in [-0.2, 0) is 16.0 Å². The van der Waals surface area contributed by atoms with Gasteiger partial charge < -0.3 is 9.84 Å². The molecule has 1 N–H and O–H groups in total. The topological polar surface area (TPSA) is 46.5 Å². The van der Waals surface area contributed by atoms with Crippen LogP contribution < -0.4 is 0 Å². The number of esters is 1. The SMILES string of the molecule is CCOC(=O)C(O)CCc1ccc(C2CCCCC2)c(Cl)c1. The summed E-state index contributed by atoms with van der Waals surface area (Å²) >= 11 is 6.44. The zero-order valence-electron chi connectivity index (χ0n) is 13.2. The standard InChI is InChI=1S/C18H25ClO3/c1-2-22-18(21)17(20)11-9-13-8-10-15(16(19)12-13)14-6-4-3-5-7-14/h8,10,12,14,17,20H,2-7,9,11H2,1H3. The summed E-state index contributed by atoms with van der Waals surface area (Å²) in [7, 11) is 0. The van der Waals surface area contributed by atoms with Gasteiger partial charge in [0.15, 0.2) is 6.10 Å². The molecule has 1 aliphatic rings. The van der Waals surface area contributed by atoms with E-state index in [1.54, 1.807) is 6.92 Å². The van der Waals surface area contributed by atoms with Crippen LogP contribution in [0.3, 0.4) is 0 Å². The highest BCUT2D eigenvalue weighted by Gasteiger charge is 2.19. The first-order valence-corrected chi connectivity index (χ1v) is 8.62. The van der Waals surface area contributed by atoms with Crippen molar-refractivity contribution < 1.29 is 14.6 Å². The van der Waals surface area contributed by atoms with Gasteiger partial charge in [-0.05, 0) is 55.7 Å². The zero-order chi connectivity index (χ0) is 15.9. The highest BCUT2D eigenvalue weighted by atomic mass is 35.5. The Balaban J connectivity index is 1.93. The Morgan fingerprint density at radius 1 is 1.36 bits per heavy atom. The van der Waals surface area contributed by atoms with E-state index in [1.165, 1.54) is 37.7 Å². The molecule has 0 heterocycles. The number of carbonyl (C=O) groups excluding carboxylic acids is 1. The second-order valence-electron chi connectivity index (χ2n) is 6.00. The molecule has 1 saturated carbocycles. The van der Waals surface area contributed by atoms with Gasteiger partial charge in [-0.3, -0.25) is 0 Å². The van der Waals surface area contributed by atoms with E-state index in [1.807, 2.05) is 6.07 Å². The minimum atomic E-state index is -1.06. The van der Waals surface area contributed by atoms with Gasteiger partial charge in [0.05, 0.1) is 6.61 Å². The predicted octanol–water partition coefficient (Wildman–Crippen LogP) is 4.24. The lowest BCUT2D eigenvalue weighted by Gasteiger charge is -2.23. The maximum Gasteiger partial charge on any atom is 0.334 e. The van der Waals surface area contributed by atoms with Gasteiger partial charge in [-0.2, -0.15) is 0 Å². The largest absolute Gasteiger partial charge is 0.464 e. The maximum absolute atomic E-state index is 11.4. The van der Waals surface area contributed by atoms with Gasteiger partial charge in [0.1, 0.15) is 0 Å². The van der Waals surface area contributed by atoms with E-state index in [0.29, 0.717) is 18.8 Å². The van der Waals surface area contributed by atoms with Gasteiger partial charge in [-0.15, -0.1) is 0 Å². The Bertz CT molecular complexity index is 495. The van der Waals surface area contributed by atoms with Crippen molar-refractivity contribution in [3.05, 3.63) is 34.3 Å². The maximum atomic E-state index is 11.4. The highest BCUT2D eigenvalue weighted by molar-refractivity contribution is 6.31. The first kappa shape index (κ1) is 17.3. The van der Waals surface area contributed by atoms with Gasteiger partial charge in [0.25, 0.3) is 0 Å². The molecule has 0 amide bonds. The molecule has 0 spiro atoms. The van der Waals surface area contributed by atoms with Crippen LogP contribution in [0.15, 0.2) is 18.2 Å². The van der Waals surface area contributed by atoms with Crippen molar-refractivity contribution in [2.75, 3.05) is 6.61 Å². The van der Waals surface area contributed by atoms with Crippen LogP contribution >= 0.6 is 11.6 Å². The van der Waals surface area contributed by atoms with Gasteiger partial charge >= 0.3 is 5.97 Å². The summed E-state index contributed by atoms with van der Waals surface area (Å²) in [6.45, 7) is 2.02. The molecule has 1 aliphatic carbocycles. The molecule has 1 fully saturated rings. The van der Waals surface area contributed by atoms with Crippen molar-refractivity contribution in [3.8, 4) is 0 Å². The van der Waals surface area contributed by atoms with Crippen molar-refractivity contribution in [3.63, 3.8) is 0 Å². The molecule has 0 radical (unpaired) electrons. The zero-order valence-corrected chi connectivity index (χ0v) is 13.9. The lowest BCUT2D eigenvalue weighted by atomic mass is 9.83. The van der Waals surface area contributed by atoms with Crippen LogP contribution in [-0.4, -0.2) is 23.8 Å². The average Bonchev–Trinajstić information content (AvgIpc) is 2.53.